The fourth-order valence-corrected chi connectivity index (χ4v) is 2.21. The van der Waals surface area contributed by atoms with Gasteiger partial charge in [-0.3, -0.25) is 4.79 Å². The van der Waals surface area contributed by atoms with E-state index < -0.39 is 5.97 Å². The predicted molar refractivity (Wildman–Crippen MR) is 88.2 cm³/mol. The van der Waals surface area contributed by atoms with Crippen molar-refractivity contribution in [1.29, 1.82) is 0 Å². The molecule has 0 spiro atoms. The normalized spacial score (nSPS) is 10.2. The summed E-state index contributed by atoms with van der Waals surface area (Å²) in [5.41, 5.74) is 3.23. The van der Waals surface area contributed by atoms with Crippen LogP contribution in [0.4, 0.5) is 5.69 Å². The molecule has 0 saturated heterocycles. The van der Waals surface area contributed by atoms with E-state index in [1.807, 2.05) is 32.0 Å². The monoisotopic (exact) mass is 313 g/mol. The summed E-state index contributed by atoms with van der Waals surface area (Å²) in [6.45, 7) is 5.43. The van der Waals surface area contributed by atoms with Gasteiger partial charge in [-0.05, 0) is 55.7 Å². The zero-order valence-corrected chi connectivity index (χ0v) is 13.3. The van der Waals surface area contributed by atoms with E-state index in [-0.39, 0.29) is 18.1 Å². The highest BCUT2D eigenvalue weighted by Crippen LogP contribution is 2.21. The SMILES string of the molecule is Cc1cccc(OCC(=O)Nc2cccc(C(=O)O)c2C)c1C. The number of nitrogens with one attached hydrogen (secondary N) is 1. The second-order valence-electron chi connectivity index (χ2n) is 5.32. The van der Waals surface area contributed by atoms with Gasteiger partial charge in [0.15, 0.2) is 6.61 Å². The number of anilines is 1. The smallest absolute Gasteiger partial charge is 0.336 e. The first-order valence-electron chi connectivity index (χ1n) is 7.22. The van der Waals surface area contributed by atoms with Crippen LogP contribution in [0.1, 0.15) is 27.0 Å². The zero-order valence-electron chi connectivity index (χ0n) is 13.3. The summed E-state index contributed by atoms with van der Waals surface area (Å²) in [7, 11) is 0. The summed E-state index contributed by atoms with van der Waals surface area (Å²) < 4.78 is 5.54. The molecular weight excluding hydrogens is 294 g/mol. The average molecular weight is 313 g/mol. The van der Waals surface area contributed by atoms with E-state index in [1.54, 1.807) is 19.1 Å². The van der Waals surface area contributed by atoms with Gasteiger partial charge < -0.3 is 15.2 Å². The van der Waals surface area contributed by atoms with Crippen molar-refractivity contribution in [2.24, 2.45) is 0 Å². The Morgan fingerprint density at radius 3 is 2.43 bits per heavy atom. The maximum Gasteiger partial charge on any atom is 0.336 e. The third-order valence-electron chi connectivity index (χ3n) is 3.75. The maximum atomic E-state index is 12.0. The van der Waals surface area contributed by atoms with Gasteiger partial charge >= 0.3 is 5.97 Å². The van der Waals surface area contributed by atoms with Crippen molar-refractivity contribution in [3.8, 4) is 5.75 Å². The highest BCUT2D eigenvalue weighted by atomic mass is 16.5. The first kappa shape index (κ1) is 16.5. The summed E-state index contributed by atoms with van der Waals surface area (Å²) in [6.07, 6.45) is 0. The molecule has 0 atom stereocenters. The molecule has 2 aromatic carbocycles. The van der Waals surface area contributed by atoms with Crippen LogP contribution in [0.2, 0.25) is 0 Å². The number of amides is 1. The lowest BCUT2D eigenvalue weighted by Gasteiger charge is -2.13. The van der Waals surface area contributed by atoms with E-state index in [2.05, 4.69) is 5.32 Å². The molecule has 2 rings (SSSR count). The molecule has 1 amide bonds. The number of benzene rings is 2. The Hall–Kier alpha value is -2.82. The van der Waals surface area contributed by atoms with Gasteiger partial charge in [0.2, 0.25) is 0 Å². The lowest BCUT2D eigenvalue weighted by atomic mass is 10.1. The number of carbonyl (C=O) groups is 2. The van der Waals surface area contributed by atoms with E-state index in [9.17, 15) is 9.59 Å². The van der Waals surface area contributed by atoms with Crippen molar-refractivity contribution in [2.45, 2.75) is 20.8 Å². The molecule has 0 aliphatic carbocycles. The largest absolute Gasteiger partial charge is 0.483 e. The minimum absolute atomic E-state index is 0.138. The molecule has 120 valence electrons. The topological polar surface area (TPSA) is 75.6 Å². The molecule has 5 heteroatoms. The van der Waals surface area contributed by atoms with Gasteiger partial charge in [-0.1, -0.05) is 18.2 Å². The summed E-state index contributed by atoms with van der Waals surface area (Å²) in [4.78, 5) is 23.1. The number of carbonyl (C=O) groups excluding carboxylic acids is 1. The van der Waals surface area contributed by atoms with Crippen LogP contribution in [0.15, 0.2) is 36.4 Å². The Kier molecular flexibility index (Phi) is 5.01. The molecule has 2 N–H and O–H groups in total. The third kappa shape index (κ3) is 3.88. The molecule has 0 fully saturated rings. The molecule has 0 aliphatic rings. The Labute approximate surface area is 134 Å². The first-order chi connectivity index (χ1) is 10.9. The van der Waals surface area contributed by atoms with Crippen LogP contribution in [-0.4, -0.2) is 23.6 Å². The third-order valence-corrected chi connectivity index (χ3v) is 3.75. The number of hydrogen-bond donors (Lipinski definition) is 2. The predicted octanol–water partition coefficient (Wildman–Crippen LogP) is 3.33. The lowest BCUT2D eigenvalue weighted by molar-refractivity contribution is -0.118. The van der Waals surface area contributed by atoms with Crippen LogP contribution >= 0.6 is 0 Å². The fraction of sp³-hybridized carbons (Fsp3) is 0.222. The number of rotatable bonds is 5. The molecule has 2 aromatic rings. The summed E-state index contributed by atoms with van der Waals surface area (Å²) in [6, 6.07) is 10.4. The van der Waals surface area contributed by atoms with Crippen molar-refractivity contribution < 1.29 is 19.4 Å². The van der Waals surface area contributed by atoms with Crippen molar-refractivity contribution >= 4 is 17.6 Å². The quantitative estimate of drug-likeness (QED) is 0.888. The molecule has 0 unspecified atom stereocenters. The lowest BCUT2D eigenvalue weighted by Crippen LogP contribution is -2.21. The molecule has 0 saturated carbocycles. The van der Waals surface area contributed by atoms with E-state index in [0.29, 0.717) is 17.0 Å². The van der Waals surface area contributed by atoms with Crippen LogP contribution in [-0.2, 0) is 4.79 Å². The van der Waals surface area contributed by atoms with E-state index in [4.69, 9.17) is 9.84 Å². The Morgan fingerprint density at radius 2 is 1.74 bits per heavy atom. The Bertz CT molecular complexity index is 753. The van der Waals surface area contributed by atoms with Gasteiger partial charge in [0.05, 0.1) is 5.56 Å². The number of aryl methyl sites for hydroxylation is 1. The summed E-state index contributed by atoms with van der Waals surface area (Å²) in [5, 5.41) is 11.8. The standard InChI is InChI=1S/C18H19NO4/c1-11-6-4-9-16(12(11)2)23-10-17(20)19-15-8-5-7-14(13(15)3)18(21)22/h4-9H,10H2,1-3H3,(H,19,20)(H,21,22). The van der Waals surface area contributed by atoms with Gasteiger partial charge in [0.25, 0.3) is 5.91 Å². The fourth-order valence-electron chi connectivity index (χ4n) is 2.21. The van der Waals surface area contributed by atoms with Crippen molar-refractivity contribution in [3.63, 3.8) is 0 Å². The number of carboxylic acids is 1. The van der Waals surface area contributed by atoms with Crippen LogP contribution in [0, 0.1) is 20.8 Å². The molecular formula is C18H19NO4. The second-order valence-corrected chi connectivity index (χ2v) is 5.32. The van der Waals surface area contributed by atoms with Crippen LogP contribution < -0.4 is 10.1 Å². The van der Waals surface area contributed by atoms with Gasteiger partial charge in [0.1, 0.15) is 5.75 Å². The van der Waals surface area contributed by atoms with E-state index in [1.165, 1.54) is 6.07 Å². The zero-order chi connectivity index (χ0) is 17.0. The molecule has 0 heterocycles. The Balaban J connectivity index is 2.04. The maximum absolute atomic E-state index is 12.0. The first-order valence-corrected chi connectivity index (χ1v) is 7.22. The van der Waals surface area contributed by atoms with Crippen molar-refractivity contribution in [3.05, 3.63) is 58.7 Å². The van der Waals surface area contributed by atoms with Crippen molar-refractivity contribution in [1.82, 2.24) is 0 Å². The molecule has 0 aromatic heterocycles. The number of aromatic carboxylic acids is 1. The Morgan fingerprint density at radius 1 is 1.04 bits per heavy atom. The number of hydrogen-bond acceptors (Lipinski definition) is 3. The second kappa shape index (κ2) is 6.96. The number of ether oxygens (including phenoxy) is 1. The van der Waals surface area contributed by atoms with Gasteiger partial charge in [0, 0.05) is 5.69 Å². The average Bonchev–Trinajstić information content (AvgIpc) is 2.50. The molecule has 0 bridgehead atoms. The molecule has 0 radical (unpaired) electrons. The van der Waals surface area contributed by atoms with Gasteiger partial charge in [-0.15, -0.1) is 0 Å². The van der Waals surface area contributed by atoms with Crippen LogP contribution in [0.25, 0.3) is 0 Å². The van der Waals surface area contributed by atoms with Crippen molar-refractivity contribution in [2.75, 3.05) is 11.9 Å². The molecule has 5 nitrogen and oxygen atoms in total. The number of carboxylic acid groups (broad SMARTS) is 1. The van der Waals surface area contributed by atoms with Gasteiger partial charge in [-0.2, -0.15) is 0 Å². The van der Waals surface area contributed by atoms with Crippen LogP contribution in [0.5, 0.6) is 5.75 Å². The minimum Gasteiger partial charge on any atom is -0.483 e. The van der Waals surface area contributed by atoms with Crippen LogP contribution in [0.3, 0.4) is 0 Å². The highest BCUT2D eigenvalue weighted by molar-refractivity contribution is 5.96. The highest BCUT2D eigenvalue weighted by Gasteiger charge is 2.12. The minimum atomic E-state index is -1.02. The summed E-state index contributed by atoms with van der Waals surface area (Å²) >= 11 is 0. The summed E-state index contributed by atoms with van der Waals surface area (Å²) in [5.74, 6) is -0.696. The van der Waals surface area contributed by atoms with Gasteiger partial charge in [-0.25, -0.2) is 4.79 Å². The van der Waals surface area contributed by atoms with E-state index >= 15 is 0 Å². The van der Waals surface area contributed by atoms with E-state index in [0.717, 1.165) is 11.1 Å². The molecule has 23 heavy (non-hydrogen) atoms. The molecule has 0 aliphatic heterocycles.